The Bertz CT molecular complexity index is 1110. The Morgan fingerprint density at radius 2 is 2.09 bits per heavy atom. The topological polar surface area (TPSA) is 42.2 Å². The summed E-state index contributed by atoms with van der Waals surface area (Å²) in [6, 6.07) is 8.81. The number of halogens is 1. The first kappa shape index (κ1) is 27.3. The molecule has 1 aromatic carbocycles. The van der Waals surface area contributed by atoms with Gasteiger partial charge in [-0.25, -0.2) is 0 Å². The lowest BCUT2D eigenvalue weighted by molar-refractivity contribution is -0.137. The van der Waals surface area contributed by atoms with E-state index in [1.165, 1.54) is 43.1 Å². The van der Waals surface area contributed by atoms with E-state index in [4.69, 9.17) is 11.6 Å². The van der Waals surface area contributed by atoms with Crippen molar-refractivity contribution in [2.24, 2.45) is 0 Å². The average molecular weight is 504 g/mol. The normalized spacial score (nSPS) is 12.4. The average Bonchev–Trinajstić information content (AvgIpc) is 3.44. The van der Waals surface area contributed by atoms with Gasteiger partial charge in [-0.05, 0) is 62.6 Å². The van der Waals surface area contributed by atoms with Crippen molar-refractivity contribution < 1.29 is 9.90 Å². The molecule has 2 aromatic heterocycles. The maximum absolute atomic E-state index is 11.6. The molecule has 3 nitrogen and oxygen atoms in total. The second-order valence-electron chi connectivity index (χ2n) is 7.93. The number of thioether (sulfide) groups is 1. The number of aliphatic carboxylic acids is 1. The molecule has 0 radical (unpaired) electrons. The maximum Gasteiger partial charge on any atom is 0.304 e. The molecule has 6 heteroatoms. The van der Waals surface area contributed by atoms with Crippen LogP contribution >= 0.6 is 34.7 Å². The zero-order chi connectivity index (χ0) is 24.5. The van der Waals surface area contributed by atoms with Gasteiger partial charge in [0.2, 0.25) is 0 Å². The summed E-state index contributed by atoms with van der Waals surface area (Å²) < 4.78 is 2.39. The number of nitrogens with zero attached hydrogens (tertiary/aromatic N) is 1. The Morgan fingerprint density at radius 3 is 2.58 bits per heavy atom. The molecule has 3 rings (SSSR count). The number of benzene rings is 1. The number of alkyl halides is 1. The van der Waals surface area contributed by atoms with E-state index < -0.39 is 5.97 Å². The third kappa shape index (κ3) is 6.56. The van der Waals surface area contributed by atoms with E-state index in [0.717, 1.165) is 13.0 Å². The van der Waals surface area contributed by atoms with Crippen molar-refractivity contribution in [3.8, 4) is 10.4 Å². The number of aromatic nitrogens is 1. The smallest absolute Gasteiger partial charge is 0.304 e. The van der Waals surface area contributed by atoms with Gasteiger partial charge in [-0.15, -0.1) is 41.3 Å². The Morgan fingerprint density at radius 1 is 1.39 bits per heavy atom. The molecule has 33 heavy (non-hydrogen) atoms. The minimum absolute atomic E-state index is 0.00142. The monoisotopic (exact) mass is 503 g/mol. The van der Waals surface area contributed by atoms with Gasteiger partial charge in [-0.3, -0.25) is 4.79 Å². The summed E-state index contributed by atoms with van der Waals surface area (Å²) in [5, 5.41) is 12.9. The van der Waals surface area contributed by atoms with Gasteiger partial charge in [0, 0.05) is 44.8 Å². The number of carbonyl (C=O) groups is 1. The summed E-state index contributed by atoms with van der Waals surface area (Å²) in [7, 11) is 0. The van der Waals surface area contributed by atoms with Crippen LogP contribution in [-0.4, -0.2) is 27.8 Å². The highest BCUT2D eigenvalue weighted by Crippen LogP contribution is 2.42. The molecule has 0 fully saturated rings. The van der Waals surface area contributed by atoms with Crippen molar-refractivity contribution in [2.75, 3.05) is 12.1 Å². The van der Waals surface area contributed by atoms with Crippen molar-refractivity contribution in [1.29, 1.82) is 0 Å². The number of thiophene rings is 1. The van der Waals surface area contributed by atoms with Crippen LogP contribution in [0.25, 0.3) is 21.3 Å². The van der Waals surface area contributed by atoms with E-state index in [-0.39, 0.29) is 12.3 Å². The Hall–Kier alpha value is -1.95. The van der Waals surface area contributed by atoms with E-state index in [9.17, 15) is 9.90 Å². The van der Waals surface area contributed by atoms with Gasteiger partial charge in [0.1, 0.15) is 0 Å². The van der Waals surface area contributed by atoms with Crippen LogP contribution < -0.4 is 0 Å². The van der Waals surface area contributed by atoms with E-state index >= 15 is 0 Å². The van der Waals surface area contributed by atoms with Gasteiger partial charge in [-0.2, -0.15) is 0 Å². The molecule has 0 amide bonds. The predicted octanol–water partition coefficient (Wildman–Crippen LogP) is 8.75. The second kappa shape index (κ2) is 13.1. The van der Waals surface area contributed by atoms with E-state index in [2.05, 4.69) is 80.8 Å². The van der Waals surface area contributed by atoms with Crippen LogP contribution in [0.4, 0.5) is 0 Å². The van der Waals surface area contributed by atoms with Gasteiger partial charge >= 0.3 is 5.97 Å². The van der Waals surface area contributed by atoms with Gasteiger partial charge < -0.3 is 9.67 Å². The van der Waals surface area contributed by atoms with Crippen LogP contribution in [0.15, 0.2) is 58.8 Å². The van der Waals surface area contributed by atoms with Gasteiger partial charge in [0.05, 0.1) is 11.9 Å². The highest BCUT2D eigenvalue weighted by molar-refractivity contribution is 7.98. The van der Waals surface area contributed by atoms with Crippen molar-refractivity contribution in [2.45, 2.75) is 57.9 Å². The van der Waals surface area contributed by atoms with Gasteiger partial charge in [0.15, 0.2) is 0 Å². The zero-order valence-corrected chi connectivity index (χ0v) is 22.5. The summed E-state index contributed by atoms with van der Waals surface area (Å²) in [4.78, 5) is 14.1. The number of rotatable bonds is 9. The third-order valence-corrected chi connectivity index (χ3v) is 7.59. The fourth-order valence-corrected chi connectivity index (χ4v) is 5.27. The molecule has 0 aliphatic heterocycles. The van der Waals surface area contributed by atoms with E-state index in [1.807, 2.05) is 0 Å². The van der Waals surface area contributed by atoms with Crippen LogP contribution in [0.2, 0.25) is 0 Å². The van der Waals surface area contributed by atoms with Crippen LogP contribution in [0.3, 0.4) is 0 Å². The molecule has 0 saturated heterocycles. The first-order valence-electron chi connectivity index (χ1n) is 11.1. The first-order valence-corrected chi connectivity index (χ1v) is 13.7. The van der Waals surface area contributed by atoms with Crippen molar-refractivity contribution in [1.82, 2.24) is 4.57 Å². The number of hydrogen-bond donors (Lipinski definition) is 1. The number of fused-ring (bicyclic) bond motifs is 1. The van der Waals surface area contributed by atoms with Crippen LogP contribution in [0.1, 0.15) is 50.8 Å². The minimum atomic E-state index is -0.737. The molecule has 1 unspecified atom stereocenters. The highest BCUT2D eigenvalue weighted by Gasteiger charge is 2.25. The molecule has 0 saturated carbocycles. The Kier molecular flexibility index (Phi) is 10.8. The molecule has 178 valence electrons. The molecule has 0 aliphatic rings. The number of aryl methyl sites for hydroxylation is 1. The van der Waals surface area contributed by atoms with Gasteiger partial charge in [-0.1, -0.05) is 30.7 Å². The number of carboxylic acid groups (broad SMARTS) is 1. The second-order valence-corrected chi connectivity index (χ2v) is 10.1. The van der Waals surface area contributed by atoms with Crippen LogP contribution in [-0.2, 0) is 11.3 Å². The quantitative estimate of drug-likeness (QED) is 0.180. The Balaban J connectivity index is 0.000000890. The summed E-state index contributed by atoms with van der Waals surface area (Å²) in [6.07, 6.45) is 6.86. The van der Waals surface area contributed by atoms with Crippen molar-refractivity contribution in [3.63, 3.8) is 0 Å². The predicted molar refractivity (Wildman–Crippen MR) is 147 cm³/mol. The fourth-order valence-electron chi connectivity index (χ4n) is 4.06. The minimum Gasteiger partial charge on any atom is -0.481 e. The fraction of sp³-hybridized carbons (Fsp3) is 0.370. The molecule has 0 aliphatic carbocycles. The molecule has 2 heterocycles. The number of hydrogen-bond acceptors (Lipinski definition) is 3. The molecule has 0 bridgehead atoms. The van der Waals surface area contributed by atoms with Gasteiger partial charge in [0.25, 0.3) is 0 Å². The molecule has 1 N–H and O–H groups in total. The third-order valence-electron chi connectivity index (χ3n) is 5.76. The van der Waals surface area contributed by atoms with E-state index in [0.29, 0.717) is 5.88 Å². The molecular weight excluding hydrogens is 470 g/mol. The molecule has 1 atom stereocenters. The number of allylic oxidation sites excluding steroid dienone is 3. The summed E-state index contributed by atoms with van der Waals surface area (Å²) >= 11 is 8.57. The maximum atomic E-state index is 11.6. The van der Waals surface area contributed by atoms with Crippen LogP contribution in [0.5, 0.6) is 0 Å². The summed E-state index contributed by atoms with van der Waals surface area (Å²) in [6.45, 7) is 12.6. The van der Waals surface area contributed by atoms with Crippen molar-refractivity contribution >= 4 is 51.6 Å². The zero-order valence-electron chi connectivity index (χ0n) is 20.2. The standard InChI is InChI=1S/C24H29NO2S2.C3H5Cl/c1-6-15(3)14-25-23(17(7-2)11-22(26)27)16(4)19-12-18(28-5)13-20(24(19)25)21-9-8-10-29-21;1-2-3-4/h6,8-10,12-13,17H,7,11,14H2,1-5H3,(H,26,27);2H,1,3H2/b15-6+;. The highest BCUT2D eigenvalue weighted by atomic mass is 35.5. The van der Waals surface area contributed by atoms with E-state index in [1.54, 1.807) is 29.2 Å². The summed E-state index contributed by atoms with van der Waals surface area (Å²) in [5.41, 5.74) is 6.13. The molecule has 0 spiro atoms. The SMILES string of the molecule is C/C=C(\C)Cn1c(C(CC)CC(=O)O)c(C)c2cc(SC)cc(-c3cccs3)c21.C=CCCl. The van der Waals surface area contributed by atoms with Crippen molar-refractivity contribution in [3.05, 3.63) is 65.2 Å². The molecule has 3 aromatic rings. The van der Waals surface area contributed by atoms with Crippen LogP contribution in [0, 0.1) is 6.92 Å². The lowest BCUT2D eigenvalue weighted by Crippen LogP contribution is -2.13. The number of carboxylic acids is 1. The largest absolute Gasteiger partial charge is 0.481 e. The Labute approximate surface area is 211 Å². The molecular formula is C27H34ClNO2S2. The lowest BCUT2D eigenvalue weighted by Gasteiger charge is -2.20. The summed E-state index contributed by atoms with van der Waals surface area (Å²) in [5.74, 6) is -0.183. The lowest BCUT2D eigenvalue weighted by atomic mass is 9.94. The first-order chi connectivity index (χ1) is 15.8.